The van der Waals surface area contributed by atoms with Gasteiger partial charge in [-0.1, -0.05) is 42.3 Å². The molecule has 0 aliphatic heterocycles. The van der Waals surface area contributed by atoms with Crippen molar-refractivity contribution < 1.29 is 55.8 Å². The molecular weight excluding hydrogens is 418 g/mol. The Bertz CT molecular complexity index is 721. The predicted molar refractivity (Wildman–Crippen MR) is 86.3 cm³/mol. The van der Waals surface area contributed by atoms with Gasteiger partial charge in [0.1, 0.15) is 0 Å². The molecule has 1 nitrogen and oxygen atoms in total. The predicted octanol–water partition coefficient (Wildman–Crippen LogP) is -1.23. The minimum absolute atomic E-state index is 0. The minimum atomic E-state index is 0. The van der Waals surface area contributed by atoms with Crippen LogP contribution in [0, 0.1) is 12.1 Å². The Hall–Kier alpha value is -0.817. The first-order chi connectivity index (χ1) is 10.3. The number of rotatable bonds is 1. The molecule has 24 heavy (non-hydrogen) atoms. The molecule has 0 saturated heterocycles. The molecule has 0 atom stereocenters. The summed E-state index contributed by atoms with van der Waals surface area (Å²) in [6.45, 7) is 2.06. The van der Waals surface area contributed by atoms with Crippen LogP contribution >= 0.6 is 0 Å². The molecule has 0 amide bonds. The fraction of sp³-hybridized carbons (Fsp3) is 0.200. The standard InChI is InChI=1S/C14H11O.C6H7.2ClH.Zr/c1-15-13-8-4-6-11-9-10-5-2-3-7-12(10)14(11)13;1-6-4-2-3-5-6;;;/h2-5,7-8H,9H2,1H3;2,4H,3H2,1H3;2*1H;/q2*-1;;;+4/p-2. The van der Waals surface area contributed by atoms with Gasteiger partial charge in [0.25, 0.3) is 0 Å². The van der Waals surface area contributed by atoms with E-state index < -0.39 is 0 Å². The van der Waals surface area contributed by atoms with Crippen molar-refractivity contribution in [2.75, 3.05) is 7.11 Å². The zero-order chi connectivity index (χ0) is 14.7. The molecule has 0 spiro atoms. The van der Waals surface area contributed by atoms with Crippen molar-refractivity contribution in [1.82, 2.24) is 0 Å². The van der Waals surface area contributed by atoms with Gasteiger partial charge in [0.15, 0.2) is 0 Å². The normalized spacial score (nSPS) is 12.2. The first-order valence-corrected chi connectivity index (χ1v) is 7.19. The summed E-state index contributed by atoms with van der Waals surface area (Å²) in [6, 6.07) is 15.7. The zero-order valence-electron chi connectivity index (χ0n) is 13.7. The molecule has 122 valence electrons. The molecule has 0 radical (unpaired) electrons. The Morgan fingerprint density at radius 1 is 1.08 bits per heavy atom. The van der Waals surface area contributed by atoms with Gasteiger partial charge in [-0.2, -0.15) is 18.2 Å². The maximum atomic E-state index is 5.39. The van der Waals surface area contributed by atoms with Crippen molar-refractivity contribution in [3.8, 4) is 16.9 Å². The van der Waals surface area contributed by atoms with Crippen molar-refractivity contribution in [2.24, 2.45) is 0 Å². The minimum Gasteiger partial charge on any atom is -1.00 e. The van der Waals surface area contributed by atoms with Crippen LogP contribution in [0.1, 0.15) is 24.5 Å². The second-order valence-electron chi connectivity index (χ2n) is 5.20. The third kappa shape index (κ3) is 5.09. The van der Waals surface area contributed by atoms with Gasteiger partial charge < -0.3 is 29.6 Å². The first kappa shape index (κ1) is 23.2. The Morgan fingerprint density at radius 3 is 2.42 bits per heavy atom. The second-order valence-corrected chi connectivity index (χ2v) is 5.20. The number of benzene rings is 2. The van der Waals surface area contributed by atoms with Crippen LogP contribution in [-0.2, 0) is 32.6 Å². The number of ether oxygens (including phenoxy) is 1. The SMILES string of the molecule is CC1=[C-]CC=C1.COc1cc[c-]c2c1-c1ccccc1C2.[Cl-].[Cl-].[Zr+4]. The van der Waals surface area contributed by atoms with Gasteiger partial charge >= 0.3 is 26.2 Å². The van der Waals surface area contributed by atoms with Crippen molar-refractivity contribution in [3.63, 3.8) is 0 Å². The molecule has 2 aromatic rings. The molecule has 0 unspecified atom stereocenters. The molecule has 4 rings (SSSR count). The number of halogens is 2. The Morgan fingerprint density at radius 2 is 1.83 bits per heavy atom. The molecule has 0 N–H and O–H groups in total. The van der Waals surface area contributed by atoms with Gasteiger partial charge in [0.2, 0.25) is 0 Å². The topological polar surface area (TPSA) is 9.23 Å². The van der Waals surface area contributed by atoms with Crippen LogP contribution in [0.3, 0.4) is 0 Å². The maximum Gasteiger partial charge on any atom is 4.00 e. The summed E-state index contributed by atoms with van der Waals surface area (Å²) in [4.78, 5) is 0. The average molecular weight is 436 g/mol. The quantitative estimate of drug-likeness (QED) is 0.434. The van der Waals surface area contributed by atoms with E-state index >= 15 is 0 Å². The van der Waals surface area contributed by atoms with E-state index in [1.165, 1.54) is 27.8 Å². The van der Waals surface area contributed by atoms with Crippen molar-refractivity contribution in [3.05, 3.63) is 77.4 Å². The maximum absolute atomic E-state index is 5.39. The summed E-state index contributed by atoms with van der Waals surface area (Å²) < 4.78 is 5.39. The van der Waals surface area contributed by atoms with Crippen molar-refractivity contribution in [2.45, 2.75) is 19.8 Å². The van der Waals surface area contributed by atoms with Crippen molar-refractivity contribution >= 4 is 0 Å². The Labute approximate surface area is 176 Å². The number of hydrogen-bond donors (Lipinski definition) is 0. The van der Waals surface area contributed by atoms with Crippen LogP contribution in [0.5, 0.6) is 5.75 Å². The third-order valence-corrected chi connectivity index (χ3v) is 3.78. The zero-order valence-corrected chi connectivity index (χ0v) is 17.7. The van der Waals surface area contributed by atoms with Crippen LogP contribution in [0.2, 0.25) is 0 Å². The van der Waals surface area contributed by atoms with Crippen LogP contribution in [0.25, 0.3) is 11.1 Å². The van der Waals surface area contributed by atoms with E-state index in [4.69, 9.17) is 4.74 Å². The van der Waals surface area contributed by atoms with Gasteiger partial charge in [0.05, 0.1) is 7.11 Å². The summed E-state index contributed by atoms with van der Waals surface area (Å²) in [5.74, 6) is 0.952. The molecule has 0 bridgehead atoms. The van der Waals surface area contributed by atoms with Crippen LogP contribution < -0.4 is 29.6 Å². The third-order valence-electron chi connectivity index (χ3n) is 3.78. The summed E-state index contributed by atoms with van der Waals surface area (Å²) in [6.07, 6.45) is 9.31. The van der Waals surface area contributed by atoms with E-state index in [2.05, 4.69) is 55.5 Å². The molecule has 2 aromatic carbocycles. The van der Waals surface area contributed by atoms with Crippen molar-refractivity contribution in [1.29, 1.82) is 0 Å². The van der Waals surface area contributed by atoms with Gasteiger partial charge in [-0.3, -0.25) is 6.08 Å². The summed E-state index contributed by atoms with van der Waals surface area (Å²) in [7, 11) is 1.72. The Kier molecular flexibility index (Phi) is 10.6. The van der Waals surface area contributed by atoms with E-state index in [0.29, 0.717) is 0 Å². The van der Waals surface area contributed by atoms with Gasteiger partial charge in [0, 0.05) is 5.75 Å². The second kappa shape index (κ2) is 10.9. The van der Waals surface area contributed by atoms with E-state index in [-0.39, 0.29) is 51.0 Å². The summed E-state index contributed by atoms with van der Waals surface area (Å²) in [5.41, 5.74) is 6.40. The first-order valence-electron chi connectivity index (χ1n) is 7.19. The van der Waals surface area contributed by atoms with E-state index in [1.807, 2.05) is 12.1 Å². The number of allylic oxidation sites excluding steroid dienone is 4. The molecule has 0 aromatic heterocycles. The molecule has 0 fully saturated rings. The average Bonchev–Trinajstić information content (AvgIpc) is 3.13. The van der Waals surface area contributed by atoms with Crippen LogP contribution in [-0.4, -0.2) is 7.11 Å². The fourth-order valence-electron chi connectivity index (χ4n) is 2.75. The van der Waals surface area contributed by atoms with Crippen LogP contribution in [0.4, 0.5) is 0 Å². The van der Waals surface area contributed by atoms with Gasteiger partial charge in [-0.05, 0) is 12.0 Å². The van der Waals surface area contributed by atoms with E-state index in [1.54, 1.807) is 7.11 Å². The molecule has 0 saturated carbocycles. The molecule has 4 heteroatoms. The number of fused-ring (bicyclic) bond motifs is 3. The smallest absolute Gasteiger partial charge is 1.00 e. The van der Waals surface area contributed by atoms with Gasteiger partial charge in [-0.25, -0.2) is 11.6 Å². The fourth-order valence-corrected chi connectivity index (χ4v) is 2.75. The molecular formula is C20H18Cl2OZr. The number of methoxy groups -OCH3 is 1. The molecule has 2 aliphatic carbocycles. The number of hydrogen-bond acceptors (Lipinski definition) is 1. The monoisotopic (exact) mass is 434 g/mol. The largest absolute Gasteiger partial charge is 4.00 e. The van der Waals surface area contributed by atoms with Crippen LogP contribution in [0.15, 0.2) is 54.1 Å². The van der Waals surface area contributed by atoms with E-state index in [0.717, 1.165) is 18.6 Å². The van der Waals surface area contributed by atoms with E-state index in [9.17, 15) is 0 Å². The van der Waals surface area contributed by atoms with Gasteiger partial charge in [-0.15, -0.1) is 18.1 Å². The summed E-state index contributed by atoms with van der Waals surface area (Å²) >= 11 is 0. The molecule has 2 aliphatic rings. The summed E-state index contributed by atoms with van der Waals surface area (Å²) in [5, 5.41) is 0. The Balaban J connectivity index is 0.000000511. The molecule has 0 heterocycles.